The van der Waals surface area contributed by atoms with Gasteiger partial charge in [-0.1, -0.05) is 24.3 Å². The third kappa shape index (κ3) is 3.78. The summed E-state index contributed by atoms with van der Waals surface area (Å²) in [6, 6.07) is 17.5. The molecule has 1 unspecified atom stereocenters. The summed E-state index contributed by atoms with van der Waals surface area (Å²) >= 11 is 0. The number of benzene rings is 2. The highest BCUT2D eigenvalue weighted by Crippen LogP contribution is 2.42. The lowest BCUT2D eigenvalue weighted by molar-refractivity contribution is 0.00170. The van der Waals surface area contributed by atoms with Crippen LogP contribution in [0.1, 0.15) is 34.8 Å². The molecule has 0 saturated carbocycles. The van der Waals surface area contributed by atoms with E-state index in [9.17, 15) is 4.79 Å². The van der Waals surface area contributed by atoms with Crippen molar-refractivity contribution in [3.8, 4) is 5.75 Å². The summed E-state index contributed by atoms with van der Waals surface area (Å²) in [4.78, 5) is 20.4. The predicted molar refractivity (Wildman–Crippen MR) is 127 cm³/mol. The van der Waals surface area contributed by atoms with Gasteiger partial charge in [-0.25, -0.2) is 0 Å². The van der Waals surface area contributed by atoms with Crippen LogP contribution in [0.2, 0.25) is 0 Å². The van der Waals surface area contributed by atoms with Crippen molar-refractivity contribution in [2.24, 2.45) is 11.8 Å². The largest absolute Gasteiger partial charge is 0.497 e. The fourth-order valence-electron chi connectivity index (χ4n) is 5.46. The summed E-state index contributed by atoms with van der Waals surface area (Å²) in [5, 5.41) is 4.41. The summed E-state index contributed by atoms with van der Waals surface area (Å²) in [6.07, 6.45) is 6.19. The highest BCUT2D eigenvalue weighted by atomic mass is 16.5. The molecule has 1 N–H and O–H groups in total. The van der Waals surface area contributed by atoms with Crippen molar-refractivity contribution in [1.82, 2.24) is 15.2 Å². The summed E-state index contributed by atoms with van der Waals surface area (Å²) in [5.74, 6) is 1.88. The molecule has 1 aromatic heterocycles. The third-order valence-electron chi connectivity index (χ3n) is 7.18. The van der Waals surface area contributed by atoms with E-state index in [2.05, 4.69) is 27.9 Å². The number of carbonyl (C=O) groups is 1. The van der Waals surface area contributed by atoms with Crippen LogP contribution in [0, 0.1) is 11.8 Å². The molecule has 3 aromatic rings. The second-order valence-electron chi connectivity index (χ2n) is 8.85. The number of hydrogen-bond acceptors (Lipinski definition) is 4. The first-order chi connectivity index (χ1) is 15.7. The van der Waals surface area contributed by atoms with Gasteiger partial charge in [0, 0.05) is 29.7 Å². The Kier molecular flexibility index (Phi) is 5.66. The Balaban J connectivity index is 1.57. The molecule has 6 rings (SSSR count). The van der Waals surface area contributed by atoms with Crippen molar-refractivity contribution in [1.29, 1.82) is 0 Å². The van der Waals surface area contributed by atoms with E-state index in [1.807, 2.05) is 60.8 Å². The normalized spacial score (nSPS) is 25.3. The topological polar surface area (TPSA) is 54.5 Å². The molecule has 2 aromatic carbocycles. The monoisotopic (exact) mass is 427 g/mol. The summed E-state index contributed by atoms with van der Waals surface area (Å²) in [5.41, 5.74) is 2.67. The van der Waals surface area contributed by atoms with E-state index in [0.29, 0.717) is 17.4 Å². The van der Waals surface area contributed by atoms with Crippen LogP contribution in [0.3, 0.4) is 0 Å². The zero-order chi connectivity index (χ0) is 22.1. The van der Waals surface area contributed by atoms with Crippen LogP contribution in [0.15, 0.2) is 73.4 Å². The molecule has 3 aliphatic rings. The smallest absolute Gasteiger partial charge is 0.251 e. The fraction of sp³-hybridized carbons (Fsp3) is 0.333. The van der Waals surface area contributed by atoms with E-state index in [0.717, 1.165) is 41.7 Å². The standard InChI is InChI=1S/C27H29N3O2/c1-3-18-17-30-14-12-20(18)15-25(30)26(29-27(31)19-7-5-4-6-8-19)22-11-13-28-24-10-9-21(32-2)16-23(22)24/h3-11,13,16,18,20,25-26H,1,12,14-15,17H2,2H3,(H,29,31)/t18-,20-,25-,26-/m0/s1. The van der Waals surface area contributed by atoms with Crippen LogP contribution in [0.5, 0.6) is 5.75 Å². The van der Waals surface area contributed by atoms with E-state index in [4.69, 9.17) is 4.74 Å². The summed E-state index contributed by atoms with van der Waals surface area (Å²) < 4.78 is 5.49. The molecule has 32 heavy (non-hydrogen) atoms. The van der Waals surface area contributed by atoms with Gasteiger partial charge in [0.25, 0.3) is 5.91 Å². The predicted octanol–water partition coefficient (Wildman–Crippen LogP) is 4.61. The molecule has 1 amide bonds. The summed E-state index contributed by atoms with van der Waals surface area (Å²) in [6.45, 7) is 6.12. The van der Waals surface area contributed by atoms with Gasteiger partial charge in [-0.15, -0.1) is 6.58 Å². The summed E-state index contributed by atoms with van der Waals surface area (Å²) in [7, 11) is 1.67. The van der Waals surface area contributed by atoms with Gasteiger partial charge in [-0.3, -0.25) is 14.7 Å². The first-order valence-electron chi connectivity index (χ1n) is 11.3. The van der Waals surface area contributed by atoms with E-state index in [1.54, 1.807) is 7.11 Å². The minimum atomic E-state index is -0.145. The van der Waals surface area contributed by atoms with Crippen molar-refractivity contribution in [3.63, 3.8) is 0 Å². The average Bonchev–Trinajstić information content (AvgIpc) is 2.87. The second kappa shape index (κ2) is 8.75. The molecule has 5 atom stereocenters. The number of carbonyl (C=O) groups excluding carboxylic acids is 1. The van der Waals surface area contributed by atoms with E-state index in [1.165, 1.54) is 6.42 Å². The highest BCUT2D eigenvalue weighted by molar-refractivity contribution is 5.95. The lowest BCUT2D eigenvalue weighted by Crippen LogP contribution is -2.57. The molecular weight excluding hydrogens is 398 g/mol. The van der Waals surface area contributed by atoms with Crippen LogP contribution in [0.25, 0.3) is 10.9 Å². The number of aromatic nitrogens is 1. The number of nitrogens with one attached hydrogen (secondary N) is 1. The highest BCUT2D eigenvalue weighted by Gasteiger charge is 2.43. The quantitative estimate of drug-likeness (QED) is 0.584. The van der Waals surface area contributed by atoms with Gasteiger partial charge >= 0.3 is 0 Å². The molecule has 0 spiro atoms. The maximum absolute atomic E-state index is 13.3. The van der Waals surface area contributed by atoms with E-state index >= 15 is 0 Å². The van der Waals surface area contributed by atoms with Gasteiger partial charge in [0.05, 0.1) is 18.7 Å². The number of ether oxygens (including phenoxy) is 1. The van der Waals surface area contributed by atoms with Gasteiger partial charge in [0.2, 0.25) is 0 Å². The minimum absolute atomic E-state index is 0.0497. The molecule has 3 aliphatic heterocycles. The maximum Gasteiger partial charge on any atom is 0.251 e. The Morgan fingerprint density at radius 2 is 2.09 bits per heavy atom. The Bertz CT molecular complexity index is 1130. The number of piperidine rings is 3. The minimum Gasteiger partial charge on any atom is -0.497 e. The van der Waals surface area contributed by atoms with Gasteiger partial charge in [0.1, 0.15) is 5.75 Å². The Labute approximate surface area is 189 Å². The van der Waals surface area contributed by atoms with Crippen LogP contribution < -0.4 is 10.1 Å². The molecule has 5 heteroatoms. The second-order valence-corrected chi connectivity index (χ2v) is 8.85. The number of fused-ring (bicyclic) bond motifs is 4. The first-order valence-corrected chi connectivity index (χ1v) is 11.3. The lowest BCUT2D eigenvalue weighted by Gasteiger charge is -2.51. The zero-order valence-electron chi connectivity index (χ0n) is 18.4. The first kappa shape index (κ1) is 20.7. The molecule has 4 heterocycles. The van der Waals surface area contributed by atoms with Crippen LogP contribution in [0.4, 0.5) is 0 Å². The van der Waals surface area contributed by atoms with Crippen LogP contribution >= 0.6 is 0 Å². The zero-order valence-corrected chi connectivity index (χ0v) is 18.4. The van der Waals surface area contributed by atoms with Crippen molar-refractivity contribution in [2.45, 2.75) is 24.9 Å². The lowest BCUT2D eigenvalue weighted by atomic mass is 9.73. The number of nitrogens with zero attached hydrogens (tertiary/aromatic N) is 2. The van der Waals surface area contributed by atoms with Gasteiger partial charge < -0.3 is 10.1 Å². The molecule has 5 nitrogen and oxygen atoms in total. The number of methoxy groups -OCH3 is 1. The molecule has 0 aliphatic carbocycles. The fourth-order valence-corrected chi connectivity index (χ4v) is 5.46. The maximum atomic E-state index is 13.3. The SMILES string of the molecule is C=C[C@H]1CN2CC[C@H]1C[C@H]2[C@@H](NC(=O)c1ccccc1)c1ccnc2ccc(OC)cc12. The number of pyridine rings is 1. The molecular formula is C27H29N3O2. The number of rotatable bonds is 6. The Hall–Kier alpha value is -3.18. The van der Waals surface area contributed by atoms with Crippen molar-refractivity contribution in [2.75, 3.05) is 20.2 Å². The van der Waals surface area contributed by atoms with Crippen molar-refractivity contribution >= 4 is 16.8 Å². The van der Waals surface area contributed by atoms with Gasteiger partial charge in [0.15, 0.2) is 0 Å². The Morgan fingerprint density at radius 3 is 2.81 bits per heavy atom. The van der Waals surface area contributed by atoms with E-state index in [-0.39, 0.29) is 18.0 Å². The average molecular weight is 428 g/mol. The van der Waals surface area contributed by atoms with E-state index < -0.39 is 0 Å². The number of amides is 1. The van der Waals surface area contributed by atoms with Gasteiger partial charge in [-0.2, -0.15) is 0 Å². The number of hydrogen-bond donors (Lipinski definition) is 1. The van der Waals surface area contributed by atoms with Crippen LogP contribution in [-0.4, -0.2) is 42.0 Å². The molecule has 0 radical (unpaired) electrons. The van der Waals surface area contributed by atoms with Crippen molar-refractivity contribution < 1.29 is 9.53 Å². The Morgan fingerprint density at radius 1 is 1.25 bits per heavy atom. The third-order valence-corrected chi connectivity index (χ3v) is 7.18. The van der Waals surface area contributed by atoms with Crippen LogP contribution in [-0.2, 0) is 0 Å². The molecule has 3 saturated heterocycles. The van der Waals surface area contributed by atoms with Crippen molar-refractivity contribution in [3.05, 3.63) is 84.6 Å². The molecule has 3 fully saturated rings. The molecule has 2 bridgehead atoms. The van der Waals surface area contributed by atoms with Gasteiger partial charge in [-0.05, 0) is 73.2 Å². The molecule has 164 valence electrons.